The summed E-state index contributed by atoms with van der Waals surface area (Å²) in [6, 6.07) is 1.80. The smallest absolute Gasteiger partial charge is 0.225 e. The third kappa shape index (κ3) is 2.87. The molecule has 0 saturated carbocycles. The topological polar surface area (TPSA) is 70.7 Å². The van der Waals surface area contributed by atoms with Crippen LogP contribution in [-0.2, 0) is 4.79 Å². The number of aromatic nitrogens is 3. The lowest BCUT2D eigenvalue weighted by molar-refractivity contribution is -0.116. The second-order valence-electron chi connectivity index (χ2n) is 3.73. The zero-order valence-electron chi connectivity index (χ0n) is 9.53. The predicted molar refractivity (Wildman–Crippen MR) is 72.9 cm³/mol. The van der Waals surface area contributed by atoms with Gasteiger partial charge in [-0.3, -0.25) is 9.89 Å². The van der Waals surface area contributed by atoms with Gasteiger partial charge in [0.05, 0.1) is 11.7 Å². The molecule has 0 spiro atoms. The van der Waals surface area contributed by atoms with Crippen LogP contribution in [0.1, 0.15) is 19.3 Å². The second kappa shape index (κ2) is 5.65. The molecule has 0 unspecified atom stereocenters. The van der Waals surface area contributed by atoms with E-state index in [4.69, 9.17) is 6.42 Å². The van der Waals surface area contributed by atoms with Crippen LogP contribution in [0, 0.1) is 12.3 Å². The molecule has 2 N–H and O–H groups in total. The molecular formula is C12H11BrN4O. The van der Waals surface area contributed by atoms with Gasteiger partial charge in [-0.2, -0.15) is 5.10 Å². The minimum Gasteiger partial charge on any atom is -0.309 e. The first-order chi connectivity index (χ1) is 8.70. The Morgan fingerprint density at radius 3 is 3.22 bits per heavy atom. The van der Waals surface area contributed by atoms with E-state index in [1.807, 2.05) is 0 Å². The summed E-state index contributed by atoms with van der Waals surface area (Å²) < 4.78 is 0.694. The molecule has 0 atom stereocenters. The van der Waals surface area contributed by atoms with Gasteiger partial charge in [0.25, 0.3) is 0 Å². The van der Waals surface area contributed by atoms with Gasteiger partial charge in [-0.05, 0) is 28.4 Å². The number of nitrogens with one attached hydrogen (secondary N) is 2. The summed E-state index contributed by atoms with van der Waals surface area (Å²) in [4.78, 5) is 15.7. The van der Waals surface area contributed by atoms with E-state index in [0.717, 1.165) is 10.9 Å². The Balaban J connectivity index is 2.10. The van der Waals surface area contributed by atoms with Crippen molar-refractivity contribution in [1.82, 2.24) is 15.2 Å². The summed E-state index contributed by atoms with van der Waals surface area (Å²) in [5.41, 5.74) is 0.775. The molecule has 2 rings (SSSR count). The van der Waals surface area contributed by atoms with Crippen LogP contribution in [0.15, 0.2) is 16.9 Å². The third-order valence-electron chi connectivity index (χ3n) is 2.40. The van der Waals surface area contributed by atoms with Crippen LogP contribution in [-0.4, -0.2) is 21.1 Å². The highest BCUT2D eigenvalue weighted by Gasteiger charge is 2.09. The number of amides is 1. The normalized spacial score (nSPS) is 10.2. The molecule has 0 radical (unpaired) electrons. The van der Waals surface area contributed by atoms with Crippen LogP contribution in [0.25, 0.3) is 10.9 Å². The second-order valence-corrected chi connectivity index (χ2v) is 4.54. The van der Waals surface area contributed by atoms with Gasteiger partial charge in [0.1, 0.15) is 4.60 Å². The van der Waals surface area contributed by atoms with E-state index in [0.29, 0.717) is 29.7 Å². The molecule has 0 aliphatic rings. The Morgan fingerprint density at radius 2 is 2.44 bits per heavy atom. The number of aromatic amines is 1. The van der Waals surface area contributed by atoms with Crippen molar-refractivity contribution in [2.45, 2.75) is 19.3 Å². The number of halogens is 1. The maximum absolute atomic E-state index is 11.7. The molecule has 6 heteroatoms. The fourth-order valence-electron chi connectivity index (χ4n) is 1.53. The van der Waals surface area contributed by atoms with E-state index >= 15 is 0 Å². The SMILES string of the molecule is C#CCCCC(=O)Nc1n[nH]c2cnc(Br)cc12. The van der Waals surface area contributed by atoms with Crippen LogP contribution in [0.4, 0.5) is 5.82 Å². The Hall–Kier alpha value is -1.87. The minimum atomic E-state index is -0.0911. The highest BCUT2D eigenvalue weighted by molar-refractivity contribution is 9.10. The molecule has 92 valence electrons. The number of hydrogen-bond acceptors (Lipinski definition) is 3. The average Bonchev–Trinajstić information content (AvgIpc) is 2.72. The van der Waals surface area contributed by atoms with E-state index in [-0.39, 0.29) is 5.91 Å². The fourth-order valence-corrected chi connectivity index (χ4v) is 1.86. The molecule has 0 aliphatic heterocycles. The lowest BCUT2D eigenvalue weighted by atomic mass is 10.2. The number of H-pyrrole nitrogens is 1. The molecule has 2 aromatic rings. The van der Waals surface area contributed by atoms with E-state index in [2.05, 4.69) is 42.3 Å². The van der Waals surface area contributed by atoms with E-state index < -0.39 is 0 Å². The molecule has 0 bridgehead atoms. The van der Waals surface area contributed by atoms with Crippen molar-refractivity contribution >= 4 is 38.6 Å². The number of pyridine rings is 1. The van der Waals surface area contributed by atoms with Crippen molar-refractivity contribution in [3.05, 3.63) is 16.9 Å². The first-order valence-electron chi connectivity index (χ1n) is 5.43. The molecule has 0 aliphatic carbocycles. The molecule has 0 fully saturated rings. The number of terminal acetylenes is 1. The van der Waals surface area contributed by atoms with Crippen LogP contribution in [0.3, 0.4) is 0 Å². The Labute approximate surface area is 112 Å². The van der Waals surface area contributed by atoms with Gasteiger partial charge in [0.2, 0.25) is 5.91 Å². The van der Waals surface area contributed by atoms with Gasteiger partial charge >= 0.3 is 0 Å². The lowest BCUT2D eigenvalue weighted by Gasteiger charge is -2.01. The maximum atomic E-state index is 11.7. The van der Waals surface area contributed by atoms with E-state index in [1.165, 1.54) is 0 Å². The summed E-state index contributed by atoms with van der Waals surface area (Å²) in [6.45, 7) is 0. The van der Waals surface area contributed by atoms with Crippen LogP contribution in [0.5, 0.6) is 0 Å². The quantitative estimate of drug-likeness (QED) is 0.518. The number of carbonyl (C=O) groups is 1. The minimum absolute atomic E-state index is 0.0911. The van der Waals surface area contributed by atoms with Crippen molar-refractivity contribution in [3.8, 4) is 12.3 Å². The number of fused-ring (bicyclic) bond motifs is 1. The summed E-state index contributed by atoms with van der Waals surface area (Å²) in [5.74, 6) is 2.92. The van der Waals surface area contributed by atoms with Crippen molar-refractivity contribution in [1.29, 1.82) is 0 Å². The first kappa shape index (κ1) is 12.6. The first-order valence-corrected chi connectivity index (χ1v) is 6.23. The van der Waals surface area contributed by atoms with Crippen LogP contribution in [0.2, 0.25) is 0 Å². The number of hydrogen-bond donors (Lipinski definition) is 2. The molecule has 0 saturated heterocycles. The summed E-state index contributed by atoms with van der Waals surface area (Å²) in [7, 11) is 0. The number of carbonyl (C=O) groups excluding carboxylic acids is 1. The van der Waals surface area contributed by atoms with Gasteiger partial charge in [0.15, 0.2) is 5.82 Å². The lowest BCUT2D eigenvalue weighted by Crippen LogP contribution is -2.11. The highest BCUT2D eigenvalue weighted by atomic mass is 79.9. The zero-order chi connectivity index (χ0) is 13.0. The summed E-state index contributed by atoms with van der Waals surface area (Å²) in [5, 5.41) is 10.4. The van der Waals surface area contributed by atoms with Gasteiger partial charge in [-0.1, -0.05) is 0 Å². The Bertz CT molecular complexity index is 614. The number of unbranched alkanes of at least 4 members (excludes halogenated alkanes) is 1. The predicted octanol–water partition coefficient (Wildman–Crippen LogP) is 2.46. The summed E-state index contributed by atoms with van der Waals surface area (Å²) in [6.07, 6.45) is 8.46. The largest absolute Gasteiger partial charge is 0.309 e. The molecule has 2 heterocycles. The van der Waals surface area contributed by atoms with Gasteiger partial charge in [0, 0.05) is 18.2 Å². The standard InChI is InChI=1S/C12H11BrN4O/c1-2-3-4-5-11(18)15-12-8-6-10(13)14-7-9(8)16-17-12/h1,6-7H,3-5H2,(H2,15,16,17,18). The highest BCUT2D eigenvalue weighted by Crippen LogP contribution is 2.22. The van der Waals surface area contributed by atoms with Crippen LogP contribution >= 0.6 is 15.9 Å². The van der Waals surface area contributed by atoms with Crippen molar-refractivity contribution < 1.29 is 4.79 Å². The fraction of sp³-hybridized carbons (Fsp3) is 0.250. The molecule has 0 aromatic carbocycles. The van der Waals surface area contributed by atoms with Crippen LogP contribution < -0.4 is 5.32 Å². The van der Waals surface area contributed by atoms with E-state index in [9.17, 15) is 4.79 Å². The maximum Gasteiger partial charge on any atom is 0.225 e. The van der Waals surface area contributed by atoms with Gasteiger partial charge in [-0.15, -0.1) is 12.3 Å². The third-order valence-corrected chi connectivity index (χ3v) is 2.83. The molecule has 1 amide bonds. The Kier molecular flexibility index (Phi) is 3.95. The molecule has 18 heavy (non-hydrogen) atoms. The molecule has 5 nitrogen and oxygen atoms in total. The monoisotopic (exact) mass is 306 g/mol. The molecule has 2 aromatic heterocycles. The summed E-state index contributed by atoms with van der Waals surface area (Å²) >= 11 is 3.28. The van der Waals surface area contributed by atoms with Crippen molar-refractivity contribution in [2.24, 2.45) is 0 Å². The van der Waals surface area contributed by atoms with Crippen molar-refractivity contribution in [3.63, 3.8) is 0 Å². The van der Waals surface area contributed by atoms with E-state index in [1.54, 1.807) is 12.3 Å². The Morgan fingerprint density at radius 1 is 1.61 bits per heavy atom. The van der Waals surface area contributed by atoms with Crippen molar-refractivity contribution in [2.75, 3.05) is 5.32 Å². The molecular weight excluding hydrogens is 296 g/mol. The number of nitrogens with zero attached hydrogens (tertiary/aromatic N) is 2. The zero-order valence-corrected chi connectivity index (χ0v) is 11.1. The number of anilines is 1. The number of rotatable bonds is 4. The average molecular weight is 307 g/mol. The van der Waals surface area contributed by atoms with Gasteiger partial charge in [-0.25, -0.2) is 4.98 Å². The van der Waals surface area contributed by atoms with Gasteiger partial charge < -0.3 is 5.32 Å².